The lowest BCUT2D eigenvalue weighted by atomic mass is 10.1. The number of nitrogens with zero attached hydrogens (tertiary/aromatic N) is 2. The highest BCUT2D eigenvalue weighted by Gasteiger charge is 2.26. The van der Waals surface area contributed by atoms with Gasteiger partial charge in [0.05, 0.1) is 18.3 Å². The smallest absolute Gasteiger partial charge is 0.243 e. The maximum atomic E-state index is 13.7. The van der Waals surface area contributed by atoms with Gasteiger partial charge >= 0.3 is 0 Å². The average molecular weight is 448 g/mol. The van der Waals surface area contributed by atoms with Gasteiger partial charge in [-0.05, 0) is 50.1 Å². The highest BCUT2D eigenvalue weighted by molar-refractivity contribution is 5.95. The molecular weight excluding hydrogens is 421 g/mol. The lowest BCUT2D eigenvalue weighted by molar-refractivity contribution is -0.128. The summed E-state index contributed by atoms with van der Waals surface area (Å²) in [4.78, 5) is 28.8. The first-order chi connectivity index (χ1) is 15.2. The van der Waals surface area contributed by atoms with Crippen LogP contribution in [0.4, 0.5) is 24.5 Å². The van der Waals surface area contributed by atoms with Crippen LogP contribution in [0.5, 0.6) is 0 Å². The van der Waals surface area contributed by atoms with Crippen molar-refractivity contribution in [3.63, 3.8) is 0 Å². The number of amides is 2. The number of piperazine rings is 1. The number of hydrogen-bond donors (Lipinski definition) is 2. The molecule has 2 aromatic carbocycles. The highest BCUT2D eigenvalue weighted by Crippen LogP contribution is 2.24. The van der Waals surface area contributed by atoms with Crippen LogP contribution in [0.15, 0.2) is 30.3 Å². The Kier molecular flexibility index (Phi) is 7.40. The molecule has 6 nitrogen and oxygen atoms in total. The molecule has 0 saturated carbocycles. The summed E-state index contributed by atoms with van der Waals surface area (Å²) in [5.41, 5.74) is 3.19. The van der Waals surface area contributed by atoms with E-state index in [1.54, 1.807) is 6.92 Å². The van der Waals surface area contributed by atoms with E-state index in [2.05, 4.69) is 41.5 Å². The van der Waals surface area contributed by atoms with E-state index in [-0.39, 0.29) is 5.91 Å². The van der Waals surface area contributed by atoms with E-state index < -0.39 is 41.6 Å². The molecular formula is C23H27F3N4O2. The molecule has 32 heavy (non-hydrogen) atoms. The molecule has 1 fully saturated rings. The van der Waals surface area contributed by atoms with Crippen molar-refractivity contribution in [3.05, 3.63) is 58.9 Å². The van der Waals surface area contributed by atoms with Gasteiger partial charge in [0.1, 0.15) is 0 Å². The molecule has 0 radical (unpaired) electrons. The minimum atomic E-state index is -1.67. The molecule has 1 unspecified atom stereocenters. The van der Waals surface area contributed by atoms with Gasteiger partial charge in [0.15, 0.2) is 17.5 Å². The maximum absolute atomic E-state index is 13.7. The normalized spacial score (nSPS) is 15.4. The molecule has 9 heteroatoms. The molecule has 1 saturated heterocycles. The molecule has 0 aliphatic carbocycles. The summed E-state index contributed by atoms with van der Waals surface area (Å²) >= 11 is 0. The monoisotopic (exact) mass is 448 g/mol. The Morgan fingerprint density at radius 1 is 1.00 bits per heavy atom. The lowest BCUT2D eigenvalue weighted by Crippen LogP contribution is -2.54. The molecule has 2 amide bonds. The van der Waals surface area contributed by atoms with Crippen LogP contribution in [-0.4, -0.2) is 55.5 Å². The van der Waals surface area contributed by atoms with E-state index in [4.69, 9.17) is 0 Å². The van der Waals surface area contributed by atoms with Gasteiger partial charge in [-0.1, -0.05) is 12.1 Å². The molecule has 172 valence electrons. The Morgan fingerprint density at radius 3 is 2.38 bits per heavy atom. The van der Waals surface area contributed by atoms with Crippen molar-refractivity contribution in [3.8, 4) is 0 Å². The maximum Gasteiger partial charge on any atom is 0.243 e. The van der Waals surface area contributed by atoms with Crippen molar-refractivity contribution >= 4 is 23.2 Å². The number of carbonyl (C=O) groups excluding carboxylic acids is 2. The molecule has 0 bridgehead atoms. The fourth-order valence-electron chi connectivity index (χ4n) is 3.73. The standard InChI is InChI=1S/C23H27F3N4O2/c1-14-5-4-6-19(15(14)2)30-11-9-29(10-12-30)16(3)23(32)27-13-20(31)28-18-8-7-17(24)21(25)22(18)26/h4-8,16H,9-13H2,1-3H3,(H,27,32)(H,28,31). The summed E-state index contributed by atoms with van der Waals surface area (Å²) in [6.07, 6.45) is 0. The Bertz CT molecular complexity index is 1010. The molecule has 1 aliphatic heterocycles. The number of carbonyl (C=O) groups is 2. The van der Waals surface area contributed by atoms with E-state index in [1.165, 1.54) is 16.8 Å². The number of hydrogen-bond acceptors (Lipinski definition) is 4. The summed E-state index contributed by atoms with van der Waals surface area (Å²) in [5.74, 6) is -5.58. The average Bonchev–Trinajstić information content (AvgIpc) is 2.79. The first kappa shape index (κ1) is 23.6. The predicted octanol–water partition coefficient (Wildman–Crippen LogP) is 2.99. The minimum Gasteiger partial charge on any atom is -0.369 e. The number of benzene rings is 2. The van der Waals surface area contributed by atoms with Crippen molar-refractivity contribution in [2.75, 3.05) is 42.9 Å². The largest absolute Gasteiger partial charge is 0.369 e. The molecule has 1 aliphatic rings. The van der Waals surface area contributed by atoms with E-state index in [9.17, 15) is 22.8 Å². The van der Waals surface area contributed by atoms with E-state index >= 15 is 0 Å². The number of rotatable bonds is 6. The van der Waals surface area contributed by atoms with Crippen LogP contribution in [-0.2, 0) is 9.59 Å². The van der Waals surface area contributed by atoms with Gasteiger partial charge in [-0.3, -0.25) is 14.5 Å². The Morgan fingerprint density at radius 2 is 1.69 bits per heavy atom. The zero-order valence-corrected chi connectivity index (χ0v) is 18.3. The van der Waals surface area contributed by atoms with Crippen molar-refractivity contribution in [2.45, 2.75) is 26.8 Å². The minimum absolute atomic E-state index is 0.342. The van der Waals surface area contributed by atoms with Crippen LogP contribution in [0.1, 0.15) is 18.1 Å². The van der Waals surface area contributed by atoms with Gasteiger partial charge in [-0.2, -0.15) is 0 Å². The second-order valence-electron chi connectivity index (χ2n) is 7.91. The van der Waals surface area contributed by atoms with Crippen LogP contribution in [0.3, 0.4) is 0 Å². The highest BCUT2D eigenvalue weighted by atomic mass is 19.2. The topological polar surface area (TPSA) is 64.7 Å². The van der Waals surface area contributed by atoms with Gasteiger partial charge in [-0.15, -0.1) is 0 Å². The predicted molar refractivity (Wildman–Crippen MR) is 117 cm³/mol. The van der Waals surface area contributed by atoms with Crippen LogP contribution >= 0.6 is 0 Å². The molecule has 0 aromatic heterocycles. The fourth-order valence-corrected chi connectivity index (χ4v) is 3.73. The zero-order valence-electron chi connectivity index (χ0n) is 18.3. The van der Waals surface area contributed by atoms with Crippen LogP contribution in [0, 0.1) is 31.3 Å². The fraction of sp³-hybridized carbons (Fsp3) is 0.391. The third kappa shape index (κ3) is 5.21. The van der Waals surface area contributed by atoms with Gasteiger partial charge in [0.25, 0.3) is 0 Å². The molecule has 1 atom stereocenters. The van der Waals surface area contributed by atoms with Gasteiger partial charge in [0, 0.05) is 31.9 Å². The van der Waals surface area contributed by atoms with Crippen molar-refractivity contribution in [1.82, 2.24) is 10.2 Å². The summed E-state index contributed by atoms with van der Waals surface area (Å²) < 4.78 is 39.9. The Hall–Kier alpha value is -3.07. The van der Waals surface area contributed by atoms with E-state index in [0.29, 0.717) is 19.2 Å². The summed E-state index contributed by atoms with van der Waals surface area (Å²) in [6.45, 7) is 8.46. The van der Waals surface area contributed by atoms with Crippen LogP contribution < -0.4 is 15.5 Å². The SMILES string of the molecule is Cc1cccc(N2CCN(C(C)C(=O)NCC(=O)Nc3ccc(F)c(F)c3F)CC2)c1C. The molecule has 2 aromatic rings. The van der Waals surface area contributed by atoms with Crippen molar-refractivity contribution < 1.29 is 22.8 Å². The van der Waals surface area contributed by atoms with Gasteiger partial charge < -0.3 is 15.5 Å². The summed E-state index contributed by atoms with van der Waals surface area (Å²) in [6, 6.07) is 7.40. The second-order valence-corrected chi connectivity index (χ2v) is 7.91. The number of anilines is 2. The quantitative estimate of drug-likeness (QED) is 0.667. The number of halogens is 3. The number of nitrogens with one attached hydrogen (secondary N) is 2. The molecule has 3 rings (SSSR count). The second kappa shape index (κ2) is 10.0. The molecule has 0 spiro atoms. The van der Waals surface area contributed by atoms with Crippen LogP contribution in [0.25, 0.3) is 0 Å². The van der Waals surface area contributed by atoms with Gasteiger partial charge in [-0.25, -0.2) is 13.2 Å². The zero-order chi connectivity index (χ0) is 23.4. The Balaban J connectivity index is 1.48. The van der Waals surface area contributed by atoms with Crippen molar-refractivity contribution in [1.29, 1.82) is 0 Å². The lowest BCUT2D eigenvalue weighted by Gasteiger charge is -2.39. The third-order valence-electron chi connectivity index (χ3n) is 5.89. The number of aryl methyl sites for hydroxylation is 1. The van der Waals surface area contributed by atoms with Crippen LogP contribution in [0.2, 0.25) is 0 Å². The van der Waals surface area contributed by atoms with E-state index in [1.807, 2.05) is 11.0 Å². The molecule has 2 N–H and O–H groups in total. The third-order valence-corrected chi connectivity index (χ3v) is 5.89. The van der Waals surface area contributed by atoms with Gasteiger partial charge in [0.2, 0.25) is 11.8 Å². The van der Waals surface area contributed by atoms with Crippen molar-refractivity contribution in [2.24, 2.45) is 0 Å². The summed E-state index contributed by atoms with van der Waals surface area (Å²) in [5, 5.41) is 4.64. The molecule has 1 heterocycles. The van der Waals surface area contributed by atoms with E-state index in [0.717, 1.165) is 19.2 Å². The Labute approximate surface area is 185 Å². The summed E-state index contributed by atoms with van der Waals surface area (Å²) in [7, 11) is 0. The first-order valence-corrected chi connectivity index (χ1v) is 10.4. The first-order valence-electron chi connectivity index (χ1n) is 10.4.